The van der Waals surface area contributed by atoms with Crippen LogP contribution in [-0.4, -0.2) is 63.9 Å². The van der Waals surface area contributed by atoms with Crippen molar-refractivity contribution in [1.29, 1.82) is 0 Å². The summed E-state index contributed by atoms with van der Waals surface area (Å²) in [5.41, 5.74) is 0. The first-order valence-corrected chi connectivity index (χ1v) is 13.3. The Kier molecular flexibility index (Phi) is 27.7. The summed E-state index contributed by atoms with van der Waals surface area (Å²) in [6.45, 7) is 5.69. The second-order valence-electron chi connectivity index (χ2n) is 8.59. The van der Waals surface area contributed by atoms with Gasteiger partial charge in [0.15, 0.2) is 0 Å². The molecule has 0 spiro atoms. The van der Waals surface area contributed by atoms with Gasteiger partial charge in [-0.3, -0.25) is 0 Å². The molecule has 6 heteroatoms. The zero-order chi connectivity index (χ0) is 23.4. The normalized spacial score (nSPS) is 11.3. The lowest BCUT2D eigenvalue weighted by Gasteiger charge is -2.07. The van der Waals surface area contributed by atoms with Gasteiger partial charge in [-0.25, -0.2) is 4.79 Å². The molecule has 0 amide bonds. The van der Waals surface area contributed by atoms with Crippen molar-refractivity contribution in [1.82, 2.24) is 0 Å². The van der Waals surface area contributed by atoms with Gasteiger partial charge in [-0.2, -0.15) is 0 Å². The largest absolute Gasteiger partial charge is 0.480 e. The van der Waals surface area contributed by atoms with Crippen LogP contribution in [0.25, 0.3) is 0 Å². The molecule has 0 aliphatic heterocycles. The minimum Gasteiger partial charge on any atom is -0.480 e. The molecule has 0 radical (unpaired) electrons. The van der Waals surface area contributed by atoms with Crippen LogP contribution < -0.4 is 0 Å². The summed E-state index contributed by atoms with van der Waals surface area (Å²) in [6, 6.07) is 0. The average molecular weight is 461 g/mol. The molecule has 0 fully saturated rings. The number of rotatable bonds is 28. The van der Waals surface area contributed by atoms with Crippen LogP contribution in [-0.2, 0) is 23.7 Å². The molecule has 1 N–H and O–H groups in total. The fourth-order valence-electron chi connectivity index (χ4n) is 3.57. The Balaban J connectivity index is 3.00. The fourth-order valence-corrected chi connectivity index (χ4v) is 3.57. The summed E-state index contributed by atoms with van der Waals surface area (Å²) in [4.78, 5) is 10.2. The maximum atomic E-state index is 10.2. The van der Waals surface area contributed by atoms with Gasteiger partial charge in [0, 0.05) is 6.61 Å². The molecule has 0 saturated carbocycles. The van der Waals surface area contributed by atoms with E-state index < -0.39 is 5.97 Å². The number of carboxylic acid groups (broad SMARTS) is 1. The van der Waals surface area contributed by atoms with Gasteiger partial charge in [0.1, 0.15) is 6.61 Å². The molecule has 0 rings (SSSR count). The third-order valence-corrected chi connectivity index (χ3v) is 5.48. The second kappa shape index (κ2) is 28.3. The summed E-state index contributed by atoms with van der Waals surface area (Å²) >= 11 is 0. The van der Waals surface area contributed by atoms with Crippen LogP contribution in [0.15, 0.2) is 0 Å². The number of aliphatic carboxylic acids is 1. The number of carbonyl (C=O) groups is 1. The van der Waals surface area contributed by atoms with E-state index in [2.05, 4.69) is 6.92 Å². The quantitative estimate of drug-likeness (QED) is 0.136. The third-order valence-electron chi connectivity index (χ3n) is 5.48. The molecule has 0 saturated heterocycles. The van der Waals surface area contributed by atoms with Crippen LogP contribution in [0.5, 0.6) is 0 Å². The summed E-state index contributed by atoms with van der Waals surface area (Å²) < 4.78 is 21.2. The summed E-state index contributed by atoms with van der Waals surface area (Å²) in [5.74, 6) is -0.965. The molecule has 0 bridgehead atoms. The first kappa shape index (κ1) is 31.3. The van der Waals surface area contributed by atoms with Crippen molar-refractivity contribution in [3.63, 3.8) is 0 Å². The van der Waals surface area contributed by atoms with Crippen molar-refractivity contribution in [2.24, 2.45) is 0 Å². The monoisotopic (exact) mass is 460 g/mol. The van der Waals surface area contributed by atoms with Crippen LogP contribution in [0.2, 0.25) is 0 Å². The molecule has 32 heavy (non-hydrogen) atoms. The standard InChI is InChI=1S/C26H52O6/c1-2-3-4-5-6-7-8-9-10-11-12-13-14-15-16-17-18-29-19-20-30-21-22-31-23-24-32-25-26(27)28/h2-25H2,1H3,(H,27,28). The van der Waals surface area contributed by atoms with Crippen molar-refractivity contribution in [3.8, 4) is 0 Å². The average Bonchev–Trinajstić information content (AvgIpc) is 2.78. The predicted molar refractivity (Wildman–Crippen MR) is 130 cm³/mol. The smallest absolute Gasteiger partial charge is 0.329 e. The Bertz CT molecular complexity index is 364. The van der Waals surface area contributed by atoms with Crippen LogP contribution in [0.1, 0.15) is 110 Å². The van der Waals surface area contributed by atoms with E-state index in [1.165, 1.54) is 96.3 Å². The summed E-state index contributed by atoms with van der Waals surface area (Å²) in [5, 5.41) is 8.41. The van der Waals surface area contributed by atoms with Crippen LogP contribution in [0.3, 0.4) is 0 Å². The van der Waals surface area contributed by atoms with Crippen molar-refractivity contribution < 1.29 is 28.8 Å². The highest BCUT2D eigenvalue weighted by Crippen LogP contribution is 2.13. The van der Waals surface area contributed by atoms with E-state index in [9.17, 15) is 4.79 Å². The van der Waals surface area contributed by atoms with E-state index in [1.807, 2.05) is 0 Å². The minimum absolute atomic E-state index is 0.281. The van der Waals surface area contributed by atoms with Gasteiger partial charge in [0.2, 0.25) is 0 Å². The van der Waals surface area contributed by atoms with E-state index in [4.69, 9.17) is 24.1 Å². The molecule has 0 aromatic heterocycles. The summed E-state index contributed by atoms with van der Waals surface area (Å²) in [6.07, 6.45) is 22.1. The van der Waals surface area contributed by atoms with Crippen molar-refractivity contribution >= 4 is 5.97 Å². The van der Waals surface area contributed by atoms with E-state index in [-0.39, 0.29) is 13.2 Å². The lowest BCUT2D eigenvalue weighted by Crippen LogP contribution is -2.14. The second-order valence-corrected chi connectivity index (χ2v) is 8.59. The molecular formula is C26H52O6. The SMILES string of the molecule is CCCCCCCCCCCCCCCCCCOCCOCCOCCOCC(=O)O. The van der Waals surface area contributed by atoms with Gasteiger partial charge in [-0.05, 0) is 6.42 Å². The molecule has 0 aromatic carbocycles. The molecule has 0 aliphatic rings. The number of unbranched alkanes of at least 4 members (excludes halogenated alkanes) is 15. The molecule has 0 unspecified atom stereocenters. The van der Waals surface area contributed by atoms with Gasteiger partial charge in [0.25, 0.3) is 0 Å². The molecule has 192 valence electrons. The Labute approximate surface area is 197 Å². The molecule has 0 aliphatic carbocycles. The Morgan fingerprint density at radius 2 is 0.781 bits per heavy atom. The van der Waals surface area contributed by atoms with E-state index in [0.29, 0.717) is 33.0 Å². The Hall–Kier alpha value is -0.690. The van der Waals surface area contributed by atoms with Gasteiger partial charge in [-0.15, -0.1) is 0 Å². The maximum absolute atomic E-state index is 10.2. The molecule has 0 heterocycles. The van der Waals surface area contributed by atoms with Crippen LogP contribution >= 0.6 is 0 Å². The summed E-state index contributed by atoms with van der Waals surface area (Å²) in [7, 11) is 0. The highest BCUT2D eigenvalue weighted by molar-refractivity contribution is 5.67. The van der Waals surface area contributed by atoms with Gasteiger partial charge in [0.05, 0.1) is 39.6 Å². The Morgan fingerprint density at radius 3 is 1.16 bits per heavy atom. The fraction of sp³-hybridized carbons (Fsp3) is 0.962. The molecule has 0 aromatic rings. The highest BCUT2D eigenvalue weighted by atomic mass is 16.6. The molecule has 0 atom stereocenters. The first-order valence-electron chi connectivity index (χ1n) is 13.3. The predicted octanol–water partition coefficient (Wildman–Crippen LogP) is 6.40. The van der Waals surface area contributed by atoms with Crippen molar-refractivity contribution in [2.75, 3.05) is 52.9 Å². The van der Waals surface area contributed by atoms with Crippen LogP contribution in [0, 0.1) is 0 Å². The lowest BCUT2D eigenvalue weighted by atomic mass is 10.0. The van der Waals surface area contributed by atoms with Gasteiger partial charge in [-0.1, -0.05) is 103 Å². The molecule has 6 nitrogen and oxygen atoms in total. The van der Waals surface area contributed by atoms with Crippen molar-refractivity contribution in [3.05, 3.63) is 0 Å². The Morgan fingerprint density at radius 1 is 0.469 bits per heavy atom. The highest BCUT2D eigenvalue weighted by Gasteiger charge is 1.97. The van der Waals surface area contributed by atoms with E-state index >= 15 is 0 Å². The van der Waals surface area contributed by atoms with E-state index in [1.54, 1.807) is 0 Å². The third kappa shape index (κ3) is 29.3. The molecular weight excluding hydrogens is 408 g/mol. The minimum atomic E-state index is -0.965. The topological polar surface area (TPSA) is 74.2 Å². The number of ether oxygens (including phenoxy) is 4. The van der Waals surface area contributed by atoms with Crippen molar-refractivity contribution in [2.45, 2.75) is 110 Å². The zero-order valence-corrected chi connectivity index (χ0v) is 21.0. The maximum Gasteiger partial charge on any atom is 0.329 e. The van der Waals surface area contributed by atoms with Gasteiger partial charge < -0.3 is 24.1 Å². The van der Waals surface area contributed by atoms with Crippen LogP contribution in [0.4, 0.5) is 0 Å². The number of hydrogen-bond donors (Lipinski definition) is 1. The lowest BCUT2D eigenvalue weighted by molar-refractivity contribution is -0.142. The number of hydrogen-bond acceptors (Lipinski definition) is 5. The van der Waals surface area contributed by atoms with E-state index in [0.717, 1.165) is 13.0 Å². The van der Waals surface area contributed by atoms with Gasteiger partial charge >= 0.3 is 5.97 Å². The zero-order valence-electron chi connectivity index (χ0n) is 21.0. The first-order chi connectivity index (χ1) is 15.8. The number of carboxylic acids is 1.